The number of rotatable bonds is 3. The highest BCUT2D eigenvalue weighted by Crippen LogP contribution is 2.27. The van der Waals surface area contributed by atoms with Crippen molar-refractivity contribution in [2.45, 2.75) is 13.0 Å². The Kier molecular flexibility index (Phi) is 3.59. The molecule has 0 aliphatic heterocycles. The Morgan fingerprint density at radius 2 is 1.81 bits per heavy atom. The molecule has 0 amide bonds. The van der Waals surface area contributed by atoms with Gasteiger partial charge in [-0.05, 0) is 47.9 Å². The molecule has 0 spiro atoms. The SMILES string of the molecule is COc1cc(C(N)c2ccc3ncccc3c2)ccc1C. The van der Waals surface area contributed by atoms with Gasteiger partial charge in [0, 0.05) is 11.6 Å². The van der Waals surface area contributed by atoms with Crippen molar-refractivity contribution in [2.24, 2.45) is 5.73 Å². The summed E-state index contributed by atoms with van der Waals surface area (Å²) in [6.07, 6.45) is 1.80. The number of aryl methyl sites for hydroxylation is 1. The summed E-state index contributed by atoms with van der Waals surface area (Å²) in [4.78, 5) is 4.33. The molecule has 0 radical (unpaired) electrons. The lowest BCUT2D eigenvalue weighted by atomic mass is 9.97. The van der Waals surface area contributed by atoms with Crippen molar-refractivity contribution in [1.29, 1.82) is 0 Å². The zero-order chi connectivity index (χ0) is 14.8. The summed E-state index contributed by atoms with van der Waals surface area (Å²) in [5.74, 6) is 0.866. The number of aromatic nitrogens is 1. The second-order valence-corrected chi connectivity index (χ2v) is 5.16. The smallest absolute Gasteiger partial charge is 0.122 e. The first-order chi connectivity index (χ1) is 10.2. The van der Waals surface area contributed by atoms with Crippen molar-refractivity contribution in [2.75, 3.05) is 7.11 Å². The normalized spacial score (nSPS) is 12.3. The van der Waals surface area contributed by atoms with Gasteiger partial charge in [0.2, 0.25) is 0 Å². The molecule has 3 heteroatoms. The molecule has 1 heterocycles. The van der Waals surface area contributed by atoms with Crippen LogP contribution in [0.1, 0.15) is 22.7 Å². The molecule has 106 valence electrons. The van der Waals surface area contributed by atoms with Gasteiger partial charge >= 0.3 is 0 Å². The fourth-order valence-electron chi connectivity index (χ4n) is 2.51. The molecule has 3 nitrogen and oxygen atoms in total. The first-order valence-corrected chi connectivity index (χ1v) is 6.94. The quantitative estimate of drug-likeness (QED) is 0.796. The van der Waals surface area contributed by atoms with Crippen LogP contribution in [0.5, 0.6) is 5.75 Å². The number of fused-ring (bicyclic) bond motifs is 1. The van der Waals surface area contributed by atoms with E-state index in [-0.39, 0.29) is 6.04 Å². The lowest BCUT2D eigenvalue weighted by Crippen LogP contribution is -2.12. The maximum atomic E-state index is 6.41. The molecule has 1 atom stereocenters. The average molecular weight is 278 g/mol. The van der Waals surface area contributed by atoms with Crippen molar-refractivity contribution < 1.29 is 4.74 Å². The third-order valence-corrected chi connectivity index (χ3v) is 3.78. The van der Waals surface area contributed by atoms with Gasteiger partial charge in [-0.25, -0.2) is 0 Å². The van der Waals surface area contributed by atoms with E-state index in [1.165, 1.54) is 0 Å². The molecule has 3 rings (SSSR count). The topological polar surface area (TPSA) is 48.1 Å². The minimum absolute atomic E-state index is 0.177. The molecule has 3 aromatic rings. The van der Waals surface area contributed by atoms with Gasteiger partial charge in [0.1, 0.15) is 5.75 Å². The van der Waals surface area contributed by atoms with E-state index in [2.05, 4.69) is 17.1 Å². The number of hydrogen-bond acceptors (Lipinski definition) is 3. The van der Waals surface area contributed by atoms with E-state index in [1.54, 1.807) is 13.3 Å². The Morgan fingerprint density at radius 3 is 2.62 bits per heavy atom. The van der Waals surface area contributed by atoms with E-state index in [1.807, 2.05) is 43.3 Å². The van der Waals surface area contributed by atoms with Crippen molar-refractivity contribution >= 4 is 10.9 Å². The van der Waals surface area contributed by atoms with Gasteiger partial charge in [-0.1, -0.05) is 24.3 Å². The van der Waals surface area contributed by atoms with E-state index in [4.69, 9.17) is 10.5 Å². The molecule has 2 aromatic carbocycles. The summed E-state index contributed by atoms with van der Waals surface area (Å²) in [6.45, 7) is 2.02. The van der Waals surface area contributed by atoms with E-state index in [0.717, 1.165) is 33.3 Å². The highest BCUT2D eigenvalue weighted by atomic mass is 16.5. The maximum absolute atomic E-state index is 6.41. The predicted molar refractivity (Wildman–Crippen MR) is 85.5 cm³/mol. The zero-order valence-corrected chi connectivity index (χ0v) is 12.2. The number of nitrogens with zero attached hydrogens (tertiary/aromatic N) is 1. The molecule has 21 heavy (non-hydrogen) atoms. The average Bonchev–Trinajstić information content (AvgIpc) is 2.54. The highest BCUT2D eigenvalue weighted by molar-refractivity contribution is 5.79. The number of hydrogen-bond donors (Lipinski definition) is 1. The van der Waals surface area contributed by atoms with Crippen LogP contribution in [0, 0.1) is 6.92 Å². The van der Waals surface area contributed by atoms with E-state index in [0.29, 0.717) is 0 Å². The van der Waals surface area contributed by atoms with Gasteiger partial charge in [-0.3, -0.25) is 4.98 Å². The molecular weight excluding hydrogens is 260 g/mol. The lowest BCUT2D eigenvalue weighted by Gasteiger charge is -2.15. The van der Waals surface area contributed by atoms with Gasteiger partial charge in [-0.2, -0.15) is 0 Å². The van der Waals surface area contributed by atoms with Crippen molar-refractivity contribution in [3.05, 3.63) is 71.4 Å². The van der Waals surface area contributed by atoms with Gasteiger partial charge in [-0.15, -0.1) is 0 Å². The van der Waals surface area contributed by atoms with Crippen LogP contribution in [0.3, 0.4) is 0 Å². The molecule has 0 saturated carbocycles. The number of nitrogens with two attached hydrogens (primary N) is 1. The van der Waals surface area contributed by atoms with Crippen LogP contribution < -0.4 is 10.5 Å². The van der Waals surface area contributed by atoms with Gasteiger partial charge < -0.3 is 10.5 Å². The number of ether oxygens (including phenoxy) is 1. The van der Waals surface area contributed by atoms with Crippen molar-refractivity contribution in [3.8, 4) is 5.75 Å². The van der Waals surface area contributed by atoms with Crippen molar-refractivity contribution in [1.82, 2.24) is 4.98 Å². The summed E-state index contributed by atoms with van der Waals surface area (Å²) in [6, 6.07) is 16.0. The Hall–Kier alpha value is -2.39. The van der Waals surface area contributed by atoms with E-state index in [9.17, 15) is 0 Å². The van der Waals surface area contributed by atoms with Gasteiger partial charge in [0.05, 0.1) is 18.7 Å². The first kappa shape index (κ1) is 13.6. The summed E-state index contributed by atoms with van der Waals surface area (Å²) < 4.78 is 5.38. The molecule has 2 N–H and O–H groups in total. The van der Waals surface area contributed by atoms with Crippen LogP contribution in [0.4, 0.5) is 0 Å². The second-order valence-electron chi connectivity index (χ2n) is 5.16. The summed E-state index contributed by atoms with van der Waals surface area (Å²) in [5, 5.41) is 1.10. The molecule has 0 bridgehead atoms. The molecule has 0 fully saturated rings. The Labute approximate surface area is 124 Å². The standard InChI is InChI=1S/C18H18N2O/c1-12-5-6-15(11-17(12)21-2)18(19)14-7-8-16-13(10-14)4-3-9-20-16/h3-11,18H,19H2,1-2H3. The second kappa shape index (κ2) is 5.54. The fraction of sp³-hybridized carbons (Fsp3) is 0.167. The van der Waals surface area contributed by atoms with E-state index < -0.39 is 0 Å². The van der Waals surface area contributed by atoms with Crippen LogP contribution in [-0.4, -0.2) is 12.1 Å². The van der Waals surface area contributed by atoms with Crippen molar-refractivity contribution in [3.63, 3.8) is 0 Å². The Balaban J connectivity index is 2.01. The molecule has 1 aromatic heterocycles. The van der Waals surface area contributed by atoms with E-state index >= 15 is 0 Å². The third kappa shape index (κ3) is 2.60. The molecule has 1 unspecified atom stereocenters. The van der Waals surface area contributed by atoms with Gasteiger partial charge in [0.15, 0.2) is 0 Å². The highest BCUT2D eigenvalue weighted by Gasteiger charge is 2.11. The summed E-state index contributed by atoms with van der Waals surface area (Å²) >= 11 is 0. The maximum Gasteiger partial charge on any atom is 0.122 e. The number of benzene rings is 2. The Morgan fingerprint density at radius 1 is 1.05 bits per heavy atom. The third-order valence-electron chi connectivity index (χ3n) is 3.78. The molecule has 0 saturated heterocycles. The zero-order valence-electron chi connectivity index (χ0n) is 12.2. The number of methoxy groups -OCH3 is 1. The lowest BCUT2D eigenvalue weighted by molar-refractivity contribution is 0.411. The predicted octanol–water partition coefficient (Wildman–Crippen LogP) is 3.60. The first-order valence-electron chi connectivity index (χ1n) is 6.94. The fourth-order valence-corrected chi connectivity index (χ4v) is 2.51. The molecule has 0 aliphatic carbocycles. The van der Waals surface area contributed by atoms with Crippen LogP contribution in [0.2, 0.25) is 0 Å². The Bertz CT molecular complexity index is 783. The minimum atomic E-state index is -0.177. The van der Waals surface area contributed by atoms with Gasteiger partial charge in [0.25, 0.3) is 0 Å². The minimum Gasteiger partial charge on any atom is -0.496 e. The largest absolute Gasteiger partial charge is 0.496 e. The molecular formula is C18H18N2O. The number of pyridine rings is 1. The van der Waals surface area contributed by atoms with Crippen LogP contribution in [0.25, 0.3) is 10.9 Å². The summed E-state index contributed by atoms with van der Waals surface area (Å²) in [7, 11) is 1.68. The molecule has 0 aliphatic rings. The van der Waals surface area contributed by atoms with Crippen LogP contribution in [0.15, 0.2) is 54.7 Å². The van der Waals surface area contributed by atoms with Crippen LogP contribution >= 0.6 is 0 Å². The van der Waals surface area contributed by atoms with Crippen LogP contribution in [-0.2, 0) is 0 Å². The summed E-state index contributed by atoms with van der Waals surface area (Å²) in [5.41, 5.74) is 10.6. The monoisotopic (exact) mass is 278 g/mol.